The van der Waals surface area contributed by atoms with Crippen molar-refractivity contribution < 1.29 is 18.7 Å². The smallest absolute Gasteiger partial charge is 0.311 e. The third kappa shape index (κ3) is 4.42. The van der Waals surface area contributed by atoms with Crippen LogP contribution in [0.4, 0.5) is 5.69 Å². The topological polar surface area (TPSA) is 81.4 Å². The van der Waals surface area contributed by atoms with Crippen molar-refractivity contribution in [3.8, 4) is 0 Å². The molecule has 2 aromatic heterocycles. The lowest BCUT2D eigenvalue weighted by molar-refractivity contribution is -0.142. The number of carbonyl (C=O) groups is 2. The van der Waals surface area contributed by atoms with Crippen molar-refractivity contribution in [3.05, 3.63) is 47.7 Å². The fraction of sp³-hybridized carbons (Fsp3) is 0.353. The summed E-state index contributed by atoms with van der Waals surface area (Å²) in [6, 6.07) is 5.16. The summed E-state index contributed by atoms with van der Waals surface area (Å²) in [5.74, 6) is -0.150. The molecular weight excluding hydrogens is 296 g/mol. The molecular formula is C17H20N2O4. The Balaban J connectivity index is 2.02. The quantitative estimate of drug-likeness (QED) is 0.828. The number of ether oxygens (including phenoxy) is 1. The average molecular weight is 316 g/mol. The number of esters is 1. The van der Waals surface area contributed by atoms with Crippen LogP contribution in [0.25, 0.3) is 0 Å². The summed E-state index contributed by atoms with van der Waals surface area (Å²) in [5, 5.41) is 2.73. The van der Waals surface area contributed by atoms with Crippen molar-refractivity contribution in [2.24, 2.45) is 0 Å². The van der Waals surface area contributed by atoms with Crippen molar-refractivity contribution in [1.82, 2.24) is 4.98 Å². The molecule has 6 heteroatoms. The number of anilines is 1. The third-order valence-corrected chi connectivity index (χ3v) is 3.24. The SMILES string of the molecule is CCOC(=O)Cc1ccc(NC(=O)c2occc2C(C)C)cn1. The molecule has 0 saturated carbocycles. The lowest BCUT2D eigenvalue weighted by Gasteiger charge is -2.07. The number of hydrogen-bond donors (Lipinski definition) is 1. The Kier molecular flexibility index (Phi) is 5.51. The van der Waals surface area contributed by atoms with E-state index in [4.69, 9.17) is 9.15 Å². The Morgan fingerprint density at radius 1 is 1.30 bits per heavy atom. The molecule has 6 nitrogen and oxygen atoms in total. The highest BCUT2D eigenvalue weighted by Crippen LogP contribution is 2.21. The van der Waals surface area contributed by atoms with E-state index in [9.17, 15) is 9.59 Å². The van der Waals surface area contributed by atoms with Crippen molar-refractivity contribution in [3.63, 3.8) is 0 Å². The summed E-state index contributed by atoms with van der Waals surface area (Å²) in [6.07, 6.45) is 3.12. The molecule has 0 aromatic carbocycles. The van der Waals surface area contributed by atoms with Crippen LogP contribution in [0.3, 0.4) is 0 Å². The summed E-state index contributed by atoms with van der Waals surface area (Å²) in [7, 11) is 0. The summed E-state index contributed by atoms with van der Waals surface area (Å²) in [5.41, 5.74) is 1.98. The van der Waals surface area contributed by atoms with Gasteiger partial charge in [-0.25, -0.2) is 0 Å². The molecule has 0 bridgehead atoms. The minimum atomic E-state index is -0.325. The van der Waals surface area contributed by atoms with Crippen LogP contribution in [-0.2, 0) is 16.0 Å². The van der Waals surface area contributed by atoms with Crippen LogP contribution in [0, 0.1) is 0 Å². The average Bonchev–Trinajstić information content (AvgIpc) is 2.99. The van der Waals surface area contributed by atoms with Crippen molar-refractivity contribution in [2.45, 2.75) is 33.1 Å². The highest BCUT2D eigenvalue weighted by Gasteiger charge is 2.17. The molecule has 0 unspecified atom stereocenters. The van der Waals surface area contributed by atoms with Crippen LogP contribution in [-0.4, -0.2) is 23.5 Å². The highest BCUT2D eigenvalue weighted by atomic mass is 16.5. The van der Waals surface area contributed by atoms with Crippen molar-refractivity contribution in [1.29, 1.82) is 0 Å². The number of nitrogens with zero attached hydrogens (tertiary/aromatic N) is 1. The first-order valence-corrected chi connectivity index (χ1v) is 7.50. The zero-order chi connectivity index (χ0) is 16.8. The number of amides is 1. The summed E-state index contributed by atoms with van der Waals surface area (Å²) >= 11 is 0. The molecule has 0 aliphatic rings. The van der Waals surface area contributed by atoms with E-state index in [-0.39, 0.29) is 24.2 Å². The van der Waals surface area contributed by atoms with Gasteiger partial charge in [0.1, 0.15) is 0 Å². The van der Waals surface area contributed by atoms with Gasteiger partial charge in [-0.2, -0.15) is 0 Å². The molecule has 1 N–H and O–H groups in total. The highest BCUT2D eigenvalue weighted by molar-refractivity contribution is 6.03. The zero-order valence-electron chi connectivity index (χ0n) is 13.5. The van der Waals surface area contributed by atoms with Crippen LogP contribution in [0.5, 0.6) is 0 Å². The van der Waals surface area contributed by atoms with Gasteiger partial charge in [-0.15, -0.1) is 0 Å². The minimum absolute atomic E-state index is 0.109. The van der Waals surface area contributed by atoms with Gasteiger partial charge >= 0.3 is 5.97 Å². The van der Waals surface area contributed by atoms with Crippen LogP contribution in [0.2, 0.25) is 0 Å². The molecule has 0 aliphatic carbocycles. The van der Waals surface area contributed by atoms with Gasteiger partial charge in [-0.05, 0) is 31.0 Å². The molecule has 0 aliphatic heterocycles. The van der Waals surface area contributed by atoms with E-state index in [0.717, 1.165) is 5.56 Å². The Morgan fingerprint density at radius 3 is 2.70 bits per heavy atom. The molecule has 2 aromatic rings. The van der Waals surface area contributed by atoms with E-state index < -0.39 is 0 Å². The van der Waals surface area contributed by atoms with Gasteiger partial charge in [0.05, 0.1) is 36.9 Å². The van der Waals surface area contributed by atoms with Crippen LogP contribution >= 0.6 is 0 Å². The first-order valence-electron chi connectivity index (χ1n) is 7.50. The van der Waals surface area contributed by atoms with Gasteiger partial charge in [0.25, 0.3) is 5.91 Å². The van der Waals surface area contributed by atoms with Gasteiger partial charge < -0.3 is 14.5 Å². The zero-order valence-corrected chi connectivity index (χ0v) is 13.5. The van der Waals surface area contributed by atoms with E-state index >= 15 is 0 Å². The first-order chi connectivity index (χ1) is 11.0. The Morgan fingerprint density at radius 2 is 2.09 bits per heavy atom. The molecule has 0 spiro atoms. The molecule has 0 radical (unpaired) electrons. The van der Waals surface area contributed by atoms with Crippen molar-refractivity contribution >= 4 is 17.6 Å². The molecule has 1 amide bonds. The van der Waals surface area contributed by atoms with Gasteiger partial charge in [0.2, 0.25) is 0 Å². The standard InChI is InChI=1S/C17H20N2O4/c1-4-22-15(20)9-12-5-6-13(10-18-12)19-17(21)16-14(11(2)3)7-8-23-16/h5-8,10-11H,4,9H2,1-3H3,(H,19,21). The fourth-order valence-electron chi connectivity index (χ4n) is 2.11. The van der Waals surface area contributed by atoms with Gasteiger partial charge in [-0.3, -0.25) is 14.6 Å². The van der Waals surface area contributed by atoms with E-state index in [1.54, 1.807) is 25.1 Å². The number of aromatic nitrogens is 1. The number of nitrogens with one attached hydrogen (secondary N) is 1. The Bertz CT molecular complexity index is 674. The molecule has 122 valence electrons. The molecule has 2 rings (SSSR count). The maximum atomic E-state index is 12.2. The summed E-state index contributed by atoms with van der Waals surface area (Å²) < 4.78 is 10.1. The lowest BCUT2D eigenvalue weighted by Crippen LogP contribution is -2.14. The predicted octanol–water partition coefficient (Wildman–Crippen LogP) is 3.16. The second-order valence-electron chi connectivity index (χ2n) is 5.33. The van der Waals surface area contributed by atoms with Crippen LogP contribution < -0.4 is 5.32 Å². The van der Waals surface area contributed by atoms with E-state index in [1.807, 2.05) is 13.8 Å². The second-order valence-corrected chi connectivity index (χ2v) is 5.33. The molecule has 23 heavy (non-hydrogen) atoms. The second kappa shape index (κ2) is 7.58. The number of hydrogen-bond acceptors (Lipinski definition) is 5. The summed E-state index contributed by atoms with van der Waals surface area (Å²) in [6.45, 7) is 6.08. The van der Waals surface area contributed by atoms with Crippen LogP contribution in [0.1, 0.15) is 48.5 Å². The van der Waals surface area contributed by atoms with Gasteiger partial charge in [0, 0.05) is 5.56 Å². The van der Waals surface area contributed by atoms with Gasteiger partial charge in [-0.1, -0.05) is 13.8 Å². The number of pyridine rings is 1. The minimum Gasteiger partial charge on any atom is -0.466 e. The maximum Gasteiger partial charge on any atom is 0.311 e. The van der Waals surface area contributed by atoms with E-state index in [2.05, 4.69) is 10.3 Å². The Hall–Kier alpha value is -2.63. The van der Waals surface area contributed by atoms with E-state index in [1.165, 1.54) is 12.5 Å². The first kappa shape index (κ1) is 16.7. The molecule has 2 heterocycles. The third-order valence-electron chi connectivity index (χ3n) is 3.24. The van der Waals surface area contributed by atoms with Crippen LogP contribution in [0.15, 0.2) is 35.1 Å². The fourth-order valence-corrected chi connectivity index (χ4v) is 2.11. The van der Waals surface area contributed by atoms with Gasteiger partial charge in [0.15, 0.2) is 5.76 Å². The molecule has 0 fully saturated rings. The summed E-state index contributed by atoms with van der Waals surface area (Å²) in [4.78, 5) is 27.8. The van der Waals surface area contributed by atoms with E-state index in [0.29, 0.717) is 23.7 Å². The molecule has 0 atom stereocenters. The number of carbonyl (C=O) groups excluding carboxylic acids is 2. The monoisotopic (exact) mass is 316 g/mol. The largest absolute Gasteiger partial charge is 0.466 e. The molecule has 0 saturated heterocycles. The number of furan rings is 1. The Labute approximate surface area is 134 Å². The van der Waals surface area contributed by atoms with Crippen molar-refractivity contribution in [2.75, 3.05) is 11.9 Å². The normalized spacial score (nSPS) is 10.6. The lowest BCUT2D eigenvalue weighted by atomic mass is 10.0. The predicted molar refractivity (Wildman–Crippen MR) is 85.3 cm³/mol. The number of rotatable bonds is 6. The maximum absolute atomic E-state index is 12.2.